The SMILES string of the molecule is CCC1CCC2(CC1)NC(=O)N(CC(=O)NC(C)C1CC1)C2=O. The number of rotatable bonds is 5. The second kappa shape index (κ2) is 6.13. The lowest BCUT2D eigenvalue weighted by atomic mass is 9.75. The molecule has 2 N–H and O–H groups in total. The zero-order valence-corrected chi connectivity index (χ0v) is 14.1. The Bertz CT molecular complexity index is 507. The molecular weight excluding hydrogens is 294 g/mol. The van der Waals surface area contributed by atoms with Crippen molar-refractivity contribution in [2.45, 2.75) is 70.4 Å². The van der Waals surface area contributed by atoms with Crippen molar-refractivity contribution in [3.8, 4) is 0 Å². The molecule has 0 aromatic carbocycles. The number of urea groups is 1. The molecule has 1 aliphatic heterocycles. The summed E-state index contributed by atoms with van der Waals surface area (Å²) in [5.74, 6) is 0.734. The van der Waals surface area contributed by atoms with Gasteiger partial charge in [-0.05, 0) is 57.3 Å². The van der Waals surface area contributed by atoms with Gasteiger partial charge in [-0.15, -0.1) is 0 Å². The molecule has 1 spiro atoms. The van der Waals surface area contributed by atoms with Gasteiger partial charge >= 0.3 is 6.03 Å². The van der Waals surface area contributed by atoms with Crippen molar-refractivity contribution in [2.24, 2.45) is 11.8 Å². The molecule has 0 aromatic heterocycles. The van der Waals surface area contributed by atoms with E-state index >= 15 is 0 Å². The van der Waals surface area contributed by atoms with Crippen molar-refractivity contribution in [1.29, 1.82) is 0 Å². The van der Waals surface area contributed by atoms with E-state index in [4.69, 9.17) is 0 Å². The van der Waals surface area contributed by atoms with Gasteiger partial charge in [0.2, 0.25) is 5.91 Å². The molecule has 6 heteroatoms. The molecule has 1 atom stereocenters. The normalized spacial score (nSPS) is 32.1. The van der Waals surface area contributed by atoms with Crippen molar-refractivity contribution in [3.05, 3.63) is 0 Å². The maximum absolute atomic E-state index is 12.7. The maximum Gasteiger partial charge on any atom is 0.325 e. The highest BCUT2D eigenvalue weighted by Gasteiger charge is 2.52. The van der Waals surface area contributed by atoms with Crippen LogP contribution in [0, 0.1) is 11.8 Å². The summed E-state index contributed by atoms with van der Waals surface area (Å²) in [6.07, 6.45) is 6.70. The van der Waals surface area contributed by atoms with E-state index in [1.807, 2.05) is 6.92 Å². The molecule has 3 aliphatic rings. The molecule has 0 bridgehead atoms. The van der Waals surface area contributed by atoms with Gasteiger partial charge in [-0.3, -0.25) is 14.5 Å². The first kappa shape index (κ1) is 16.3. The summed E-state index contributed by atoms with van der Waals surface area (Å²) in [7, 11) is 0. The van der Waals surface area contributed by atoms with Crippen molar-refractivity contribution < 1.29 is 14.4 Å². The minimum atomic E-state index is -0.759. The summed E-state index contributed by atoms with van der Waals surface area (Å²) in [6.45, 7) is 3.98. The van der Waals surface area contributed by atoms with Crippen LogP contribution in [0.4, 0.5) is 4.79 Å². The van der Waals surface area contributed by atoms with Crippen LogP contribution in [0.1, 0.15) is 58.8 Å². The van der Waals surface area contributed by atoms with Gasteiger partial charge in [-0.2, -0.15) is 0 Å². The highest BCUT2D eigenvalue weighted by molar-refractivity contribution is 6.09. The molecular formula is C17H27N3O3. The van der Waals surface area contributed by atoms with E-state index in [0.29, 0.717) is 24.7 Å². The smallest absolute Gasteiger partial charge is 0.325 e. The van der Waals surface area contributed by atoms with Crippen LogP contribution in [0.5, 0.6) is 0 Å². The summed E-state index contributed by atoms with van der Waals surface area (Å²) in [4.78, 5) is 38.1. The number of amides is 4. The zero-order valence-electron chi connectivity index (χ0n) is 14.1. The third kappa shape index (κ3) is 3.21. The van der Waals surface area contributed by atoms with Crippen molar-refractivity contribution >= 4 is 17.8 Å². The molecule has 3 rings (SSSR count). The zero-order chi connectivity index (χ0) is 16.6. The molecule has 0 aromatic rings. The maximum atomic E-state index is 12.7. The molecule has 128 valence electrons. The summed E-state index contributed by atoms with van der Waals surface area (Å²) in [5.41, 5.74) is -0.759. The largest absolute Gasteiger partial charge is 0.352 e. The first-order chi connectivity index (χ1) is 10.9. The lowest BCUT2D eigenvalue weighted by Gasteiger charge is -2.34. The standard InChI is InChI=1S/C17H27N3O3/c1-3-12-6-8-17(9-7-12)15(22)20(16(23)19-17)10-14(21)18-11(2)13-4-5-13/h11-13H,3-10H2,1-2H3,(H,18,21)(H,19,23). The van der Waals surface area contributed by atoms with Gasteiger partial charge in [0.15, 0.2) is 0 Å². The molecule has 1 heterocycles. The highest BCUT2D eigenvalue weighted by Crippen LogP contribution is 2.37. The quantitative estimate of drug-likeness (QED) is 0.758. The predicted octanol–water partition coefficient (Wildman–Crippen LogP) is 1.79. The number of carbonyl (C=O) groups excluding carboxylic acids is 3. The Morgan fingerprint density at radius 3 is 2.52 bits per heavy atom. The Balaban J connectivity index is 1.59. The number of imide groups is 1. The van der Waals surface area contributed by atoms with Gasteiger partial charge in [-0.1, -0.05) is 13.3 Å². The monoisotopic (exact) mass is 321 g/mol. The number of hydrogen-bond acceptors (Lipinski definition) is 3. The molecule has 23 heavy (non-hydrogen) atoms. The summed E-state index contributed by atoms with van der Waals surface area (Å²) in [5, 5.41) is 5.77. The molecule has 2 saturated carbocycles. The molecule has 1 saturated heterocycles. The van der Waals surface area contributed by atoms with E-state index in [2.05, 4.69) is 17.6 Å². The van der Waals surface area contributed by atoms with Crippen molar-refractivity contribution in [3.63, 3.8) is 0 Å². The molecule has 6 nitrogen and oxygen atoms in total. The van der Waals surface area contributed by atoms with Crippen molar-refractivity contribution in [1.82, 2.24) is 15.5 Å². The van der Waals surface area contributed by atoms with E-state index in [1.165, 1.54) is 0 Å². The van der Waals surface area contributed by atoms with Crippen LogP contribution in [0.25, 0.3) is 0 Å². The van der Waals surface area contributed by atoms with Gasteiger partial charge in [0.05, 0.1) is 0 Å². The number of nitrogens with zero attached hydrogens (tertiary/aromatic N) is 1. The molecule has 1 unspecified atom stereocenters. The van der Waals surface area contributed by atoms with Crippen LogP contribution in [0.3, 0.4) is 0 Å². The Hall–Kier alpha value is -1.59. The van der Waals surface area contributed by atoms with Gasteiger partial charge < -0.3 is 10.6 Å². The van der Waals surface area contributed by atoms with E-state index in [-0.39, 0.29) is 24.4 Å². The van der Waals surface area contributed by atoms with E-state index in [9.17, 15) is 14.4 Å². The molecule has 4 amide bonds. The Morgan fingerprint density at radius 1 is 1.30 bits per heavy atom. The molecule has 3 fully saturated rings. The summed E-state index contributed by atoms with van der Waals surface area (Å²) in [6, 6.07) is -0.295. The average Bonchev–Trinajstić information content (AvgIpc) is 3.34. The number of hydrogen-bond donors (Lipinski definition) is 2. The fourth-order valence-corrected chi connectivity index (χ4v) is 3.89. The van der Waals surface area contributed by atoms with Crippen LogP contribution in [-0.4, -0.2) is 40.9 Å². The summed E-state index contributed by atoms with van der Waals surface area (Å²) >= 11 is 0. The van der Waals surface area contributed by atoms with E-state index in [0.717, 1.165) is 37.0 Å². The van der Waals surface area contributed by atoms with E-state index in [1.54, 1.807) is 0 Å². The second-order valence-electron chi connectivity index (χ2n) is 7.45. The minimum absolute atomic E-state index is 0.122. The second-order valence-corrected chi connectivity index (χ2v) is 7.45. The van der Waals surface area contributed by atoms with Gasteiger partial charge in [0.25, 0.3) is 5.91 Å². The highest BCUT2D eigenvalue weighted by atomic mass is 16.2. The lowest BCUT2D eigenvalue weighted by Crippen LogP contribution is -2.50. The number of carbonyl (C=O) groups is 3. The first-order valence-electron chi connectivity index (χ1n) is 8.88. The predicted molar refractivity (Wildman–Crippen MR) is 85.6 cm³/mol. The first-order valence-corrected chi connectivity index (χ1v) is 8.88. The summed E-state index contributed by atoms with van der Waals surface area (Å²) < 4.78 is 0. The van der Waals surface area contributed by atoms with Gasteiger partial charge in [0, 0.05) is 6.04 Å². The fraction of sp³-hybridized carbons (Fsp3) is 0.824. The van der Waals surface area contributed by atoms with Crippen LogP contribution < -0.4 is 10.6 Å². The third-order valence-corrected chi connectivity index (χ3v) is 5.80. The van der Waals surface area contributed by atoms with Crippen molar-refractivity contribution in [2.75, 3.05) is 6.54 Å². The molecule has 0 radical (unpaired) electrons. The van der Waals surface area contributed by atoms with Crippen LogP contribution in [-0.2, 0) is 9.59 Å². The lowest BCUT2D eigenvalue weighted by molar-refractivity contribution is -0.136. The van der Waals surface area contributed by atoms with Crippen LogP contribution >= 0.6 is 0 Å². The third-order valence-electron chi connectivity index (χ3n) is 5.80. The van der Waals surface area contributed by atoms with Gasteiger partial charge in [0.1, 0.15) is 12.1 Å². The Labute approximate surface area is 137 Å². The Morgan fingerprint density at radius 2 is 1.96 bits per heavy atom. The fourth-order valence-electron chi connectivity index (χ4n) is 3.89. The van der Waals surface area contributed by atoms with Crippen LogP contribution in [0.15, 0.2) is 0 Å². The minimum Gasteiger partial charge on any atom is -0.352 e. The molecule has 2 aliphatic carbocycles. The Kier molecular flexibility index (Phi) is 4.34. The average molecular weight is 321 g/mol. The topological polar surface area (TPSA) is 78.5 Å². The number of nitrogens with one attached hydrogen (secondary N) is 2. The van der Waals surface area contributed by atoms with Gasteiger partial charge in [-0.25, -0.2) is 4.79 Å². The van der Waals surface area contributed by atoms with Crippen LogP contribution in [0.2, 0.25) is 0 Å². The van der Waals surface area contributed by atoms with E-state index < -0.39 is 11.6 Å².